The molecule has 1 heterocycles. The summed E-state index contributed by atoms with van der Waals surface area (Å²) in [6, 6.07) is 81.6. The highest BCUT2D eigenvalue weighted by molar-refractivity contribution is 7.19. The fraction of sp³-hybridized carbons (Fsp3) is 0. The lowest BCUT2D eigenvalue weighted by Gasteiger charge is -2.35. The van der Waals surface area contributed by atoms with E-state index in [0.29, 0.717) is 0 Å². The molecule has 3 heteroatoms. The molecule has 0 bridgehead atoms. The van der Waals surface area contributed by atoms with Crippen LogP contribution >= 0.6 is 0 Å². The van der Waals surface area contributed by atoms with Crippen molar-refractivity contribution in [3.63, 3.8) is 0 Å². The van der Waals surface area contributed by atoms with Crippen molar-refractivity contribution in [2.45, 2.75) is 0 Å². The molecule has 2 nitrogen and oxygen atoms in total. The Labute approximate surface area is 322 Å². The zero-order valence-corrected chi connectivity index (χ0v) is 31.2. The van der Waals surface area contributed by atoms with Crippen molar-refractivity contribution in [1.29, 1.82) is 0 Å². The van der Waals surface area contributed by atoms with Crippen LogP contribution in [0.2, 0.25) is 0 Å². The number of rotatable bonds is 8. The highest BCUT2D eigenvalue weighted by Gasteiger charge is 2.41. The van der Waals surface area contributed by atoms with Crippen molar-refractivity contribution in [2.75, 3.05) is 4.90 Å². The predicted molar refractivity (Wildman–Crippen MR) is 235 cm³/mol. The summed E-state index contributed by atoms with van der Waals surface area (Å²) in [5.74, 6) is 0. The molecule has 10 rings (SSSR count). The molecule has 0 atom stereocenters. The molecule has 55 heavy (non-hydrogen) atoms. The molecule has 0 saturated carbocycles. The minimum atomic E-state index is -2.78. The SMILES string of the molecule is c1ccc(-c2ccc3c(c2)oc2cc(N(c4cccc([Si](c5ccccc5)(c5ccccc5)c5ccccc5)c4)c4cccc5ccccc45)ccc23)cc1. The standard InChI is InChI=1S/C52H37NOSi/c1-5-17-38(18-6-1)40-31-33-48-49-34-32-42(37-52(49)54-51(48)35-40)53(50-30-15-20-39-19-13-14-29-47(39)50)41-21-16-28-46(36-41)55(43-22-7-2-8-23-43,44-24-9-3-10-25-44)45-26-11-4-12-27-45/h1-37H. The Morgan fingerprint density at radius 1 is 0.327 bits per heavy atom. The first-order valence-corrected chi connectivity index (χ1v) is 20.8. The summed E-state index contributed by atoms with van der Waals surface area (Å²) in [7, 11) is -2.78. The largest absolute Gasteiger partial charge is 0.456 e. The van der Waals surface area contributed by atoms with Crippen molar-refractivity contribution >= 4 is 78.6 Å². The molecule has 0 aliphatic rings. The van der Waals surface area contributed by atoms with E-state index < -0.39 is 8.07 Å². The van der Waals surface area contributed by atoms with E-state index in [1.807, 2.05) is 0 Å². The number of hydrogen-bond acceptors (Lipinski definition) is 2. The van der Waals surface area contributed by atoms with Crippen LogP contribution in [-0.2, 0) is 0 Å². The number of furan rings is 1. The van der Waals surface area contributed by atoms with E-state index in [-0.39, 0.29) is 0 Å². The molecule has 0 saturated heterocycles. The minimum Gasteiger partial charge on any atom is -0.456 e. The van der Waals surface area contributed by atoms with E-state index in [4.69, 9.17) is 4.42 Å². The fourth-order valence-corrected chi connectivity index (χ4v) is 13.3. The van der Waals surface area contributed by atoms with Crippen molar-refractivity contribution in [3.8, 4) is 11.1 Å². The summed E-state index contributed by atoms with van der Waals surface area (Å²) >= 11 is 0. The second kappa shape index (κ2) is 13.8. The summed E-state index contributed by atoms with van der Waals surface area (Å²) in [5, 5.41) is 9.96. The second-order valence-corrected chi connectivity index (χ2v) is 17.9. The van der Waals surface area contributed by atoms with Crippen LogP contribution in [-0.4, -0.2) is 8.07 Å². The van der Waals surface area contributed by atoms with Crippen molar-refractivity contribution in [1.82, 2.24) is 0 Å². The molecule has 0 aliphatic carbocycles. The smallest absolute Gasteiger partial charge is 0.179 e. The van der Waals surface area contributed by atoms with E-state index in [1.165, 1.54) is 37.1 Å². The third-order valence-corrected chi connectivity index (χ3v) is 15.8. The summed E-state index contributed by atoms with van der Waals surface area (Å²) in [5.41, 5.74) is 7.31. The molecule has 0 N–H and O–H groups in total. The van der Waals surface area contributed by atoms with Crippen molar-refractivity contribution in [3.05, 3.63) is 224 Å². The molecule has 10 aromatic rings. The van der Waals surface area contributed by atoms with Gasteiger partial charge in [-0.2, -0.15) is 0 Å². The highest BCUT2D eigenvalue weighted by Crippen LogP contribution is 2.41. The van der Waals surface area contributed by atoms with Gasteiger partial charge in [0.15, 0.2) is 8.07 Å². The maximum atomic E-state index is 6.70. The van der Waals surface area contributed by atoms with Crippen LogP contribution in [0.4, 0.5) is 17.1 Å². The Hall–Kier alpha value is -6.94. The lowest BCUT2D eigenvalue weighted by molar-refractivity contribution is 0.669. The molecule has 0 fully saturated rings. The molecule has 0 unspecified atom stereocenters. The van der Waals surface area contributed by atoms with Gasteiger partial charge in [-0.25, -0.2) is 0 Å². The Balaban J connectivity index is 1.21. The van der Waals surface area contributed by atoms with E-state index >= 15 is 0 Å². The molecule has 260 valence electrons. The first-order valence-electron chi connectivity index (χ1n) is 18.8. The predicted octanol–water partition coefficient (Wildman–Crippen LogP) is 11.3. The molecular weight excluding hydrogens is 683 g/mol. The third-order valence-electron chi connectivity index (χ3n) is 11.0. The van der Waals surface area contributed by atoms with Crippen LogP contribution < -0.4 is 25.6 Å². The molecule has 0 spiro atoms. The van der Waals surface area contributed by atoms with E-state index in [9.17, 15) is 0 Å². The van der Waals surface area contributed by atoms with E-state index in [2.05, 4.69) is 229 Å². The second-order valence-electron chi connectivity index (χ2n) is 14.1. The number of nitrogens with zero attached hydrogens (tertiary/aromatic N) is 1. The molecule has 9 aromatic carbocycles. The Kier molecular flexibility index (Phi) is 8.20. The van der Waals surface area contributed by atoms with Crippen LogP contribution in [0.1, 0.15) is 0 Å². The zero-order chi connectivity index (χ0) is 36.6. The summed E-state index contributed by atoms with van der Waals surface area (Å²) in [6.07, 6.45) is 0. The van der Waals surface area contributed by atoms with Gasteiger partial charge in [-0.15, -0.1) is 0 Å². The van der Waals surface area contributed by atoms with Crippen molar-refractivity contribution in [2.24, 2.45) is 0 Å². The van der Waals surface area contributed by atoms with Gasteiger partial charge in [0, 0.05) is 33.6 Å². The molecule has 0 aliphatic heterocycles. The maximum Gasteiger partial charge on any atom is 0.179 e. The van der Waals surface area contributed by atoms with Gasteiger partial charge in [0.25, 0.3) is 0 Å². The van der Waals surface area contributed by atoms with E-state index in [1.54, 1.807) is 0 Å². The van der Waals surface area contributed by atoms with Gasteiger partial charge in [0.05, 0.1) is 5.69 Å². The maximum absolute atomic E-state index is 6.70. The lowest BCUT2D eigenvalue weighted by atomic mass is 10.0. The number of fused-ring (bicyclic) bond motifs is 4. The molecule has 0 amide bonds. The van der Waals surface area contributed by atoms with Crippen LogP contribution in [0.3, 0.4) is 0 Å². The van der Waals surface area contributed by atoms with Crippen LogP contribution in [0, 0.1) is 0 Å². The van der Waals surface area contributed by atoms with Gasteiger partial charge >= 0.3 is 0 Å². The minimum absolute atomic E-state index is 0.862. The van der Waals surface area contributed by atoms with Gasteiger partial charge in [-0.05, 0) is 79.7 Å². The summed E-state index contributed by atoms with van der Waals surface area (Å²) in [6.45, 7) is 0. The summed E-state index contributed by atoms with van der Waals surface area (Å²) < 4.78 is 6.70. The number of hydrogen-bond donors (Lipinski definition) is 0. The first-order chi connectivity index (χ1) is 27.3. The third kappa shape index (κ3) is 5.65. The molecule has 0 radical (unpaired) electrons. The van der Waals surface area contributed by atoms with Crippen LogP contribution in [0.5, 0.6) is 0 Å². The van der Waals surface area contributed by atoms with Crippen LogP contribution in [0.25, 0.3) is 43.8 Å². The molecule has 1 aromatic heterocycles. The first kappa shape index (κ1) is 32.7. The van der Waals surface area contributed by atoms with Gasteiger partial charge in [-0.1, -0.05) is 176 Å². The zero-order valence-electron chi connectivity index (χ0n) is 30.2. The average molecular weight is 720 g/mol. The fourth-order valence-electron chi connectivity index (χ4n) is 8.49. The Bertz CT molecular complexity index is 2820. The topological polar surface area (TPSA) is 16.4 Å². The Morgan fingerprint density at radius 3 is 1.51 bits per heavy atom. The van der Waals surface area contributed by atoms with Crippen LogP contribution in [0.15, 0.2) is 229 Å². The number of benzene rings is 9. The average Bonchev–Trinajstić information content (AvgIpc) is 3.63. The van der Waals surface area contributed by atoms with Gasteiger partial charge < -0.3 is 9.32 Å². The van der Waals surface area contributed by atoms with Gasteiger partial charge in [0.1, 0.15) is 11.2 Å². The van der Waals surface area contributed by atoms with Gasteiger partial charge in [0.2, 0.25) is 0 Å². The van der Waals surface area contributed by atoms with Gasteiger partial charge in [-0.3, -0.25) is 0 Å². The van der Waals surface area contributed by atoms with E-state index in [0.717, 1.165) is 44.6 Å². The summed E-state index contributed by atoms with van der Waals surface area (Å²) in [4.78, 5) is 2.41. The Morgan fingerprint density at radius 2 is 0.836 bits per heavy atom. The molecular formula is C52H37NOSi. The van der Waals surface area contributed by atoms with Crippen molar-refractivity contribution < 1.29 is 4.42 Å². The number of anilines is 3. The highest BCUT2D eigenvalue weighted by atomic mass is 28.3. The quantitative estimate of drug-likeness (QED) is 0.115. The monoisotopic (exact) mass is 719 g/mol. The normalized spacial score (nSPS) is 11.6. The lowest BCUT2D eigenvalue weighted by Crippen LogP contribution is -2.74.